The number of hydrogen-bond acceptors (Lipinski definition) is 5. The lowest BCUT2D eigenvalue weighted by Crippen LogP contribution is -2.48. The van der Waals surface area contributed by atoms with Gasteiger partial charge in [-0.05, 0) is 37.6 Å². The number of rotatable bonds is 11. The zero-order valence-corrected chi connectivity index (χ0v) is 19.5. The number of likely N-dealkylation sites (N-methyl/N-ethyl adjacent to an activating group) is 1. The lowest BCUT2D eigenvalue weighted by atomic mass is 10.1. The predicted molar refractivity (Wildman–Crippen MR) is 130 cm³/mol. The van der Waals surface area contributed by atoms with Crippen molar-refractivity contribution in [1.82, 2.24) is 20.4 Å². The van der Waals surface area contributed by atoms with Gasteiger partial charge in [0.15, 0.2) is 0 Å². The van der Waals surface area contributed by atoms with Gasteiger partial charge in [0.2, 0.25) is 5.91 Å². The van der Waals surface area contributed by atoms with Crippen LogP contribution in [0.4, 0.5) is 4.79 Å². The third-order valence-corrected chi connectivity index (χ3v) is 5.90. The van der Waals surface area contributed by atoms with Gasteiger partial charge in [0.05, 0.1) is 0 Å². The van der Waals surface area contributed by atoms with Crippen LogP contribution in [-0.4, -0.2) is 74.2 Å². The standard InChI is InChI=1S/C26H36N4O3/c1-29-16-18-30(19-17-29)15-9-8-14-27-25(31)24(20-22-10-4-2-5-11-22)28-26(32)33-21-23-12-6-3-7-13-23/h2-7,10-13,24H,8-9,14-21H2,1H3,(H,27,31)(H,28,32). The Labute approximate surface area is 197 Å². The molecule has 1 fully saturated rings. The summed E-state index contributed by atoms with van der Waals surface area (Å²) in [7, 11) is 2.16. The smallest absolute Gasteiger partial charge is 0.408 e. The van der Waals surface area contributed by atoms with Crippen molar-refractivity contribution in [3.05, 3.63) is 71.8 Å². The molecule has 1 saturated heterocycles. The maximum atomic E-state index is 12.9. The molecule has 0 spiro atoms. The second kappa shape index (κ2) is 13.6. The number of ether oxygens (including phenoxy) is 1. The largest absolute Gasteiger partial charge is 0.445 e. The molecular weight excluding hydrogens is 416 g/mol. The SMILES string of the molecule is CN1CCN(CCCCNC(=O)C(Cc2ccccc2)NC(=O)OCc2ccccc2)CC1. The van der Waals surface area contributed by atoms with Crippen LogP contribution < -0.4 is 10.6 Å². The van der Waals surface area contributed by atoms with Gasteiger partial charge in [0.25, 0.3) is 0 Å². The predicted octanol–water partition coefficient (Wildman–Crippen LogP) is 2.67. The lowest BCUT2D eigenvalue weighted by molar-refractivity contribution is -0.123. The molecule has 33 heavy (non-hydrogen) atoms. The molecule has 2 N–H and O–H groups in total. The number of amides is 2. The molecule has 1 atom stereocenters. The number of hydrogen-bond donors (Lipinski definition) is 2. The summed E-state index contributed by atoms with van der Waals surface area (Å²) in [6.07, 6.45) is 1.77. The summed E-state index contributed by atoms with van der Waals surface area (Å²) in [5.41, 5.74) is 1.88. The quantitative estimate of drug-likeness (QED) is 0.513. The Kier molecular flexibility index (Phi) is 10.2. The van der Waals surface area contributed by atoms with Crippen LogP contribution in [-0.2, 0) is 22.6 Å². The Morgan fingerprint density at radius 1 is 0.909 bits per heavy atom. The van der Waals surface area contributed by atoms with E-state index in [1.54, 1.807) is 0 Å². The van der Waals surface area contributed by atoms with Crippen molar-refractivity contribution in [1.29, 1.82) is 0 Å². The Morgan fingerprint density at radius 3 is 2.21 bits per heavy atom. The van der Waals surface area contributed by atoms with Gasteiger partial charge in [0.1, 0.15) is 12.6 Å². The average molecular weight is 453 g/mol. The highest BCUT2D eigenvalue weighted by Crippen LogP contribution is 2.06. The Morgan fingerprint density at radius 2 is 1.55 bits per heavy atom. The van der Waals surface area contributed by atoms with E-state index < -0.39 is 12.1 Å². The summed E-state index contributed by atoms with van der Waals surface area (Å²) >= 11 is 0. The number of nitrogens with one attached hydrogen (secondary N) is 2. The first-order valence-corrected chi connectivity index (χ1v) is 11.8. The van der Waals surface area contributed by atoms with E-state index in [2.05, 4.69) is 27.5 Å². The minimum atomic E-state index is -0.687. The molecular formula is C26H36N4O3. The highest BCUT2D eigenvalue weighted by molar-refractivity contribution is 5.85. The summed E-state index contributed by atoms with van der Waals surface area (Å²) in [6, 6.07) is 18.5. The summed E-state index contributed by atoms with van der Waals surface area (Å²) in [6.45, 7) is 6.26. The van der Waals surface area contributed by atoms with Gasteiger partial charge in [-0.1, -0.05) is 60.7 Å². The fraction of sp³-hybridized carbons (Fsp3) is 0.462. The zero-order chi connectivity index (χ0) is 23.3. The van der Waals surface area contributed by atoms with Crippen molar-refractivity contribution in [2.75, 3.05) is 46.3 Å². The van der Waals surface area contributed by atoms with Crippen LogP contribution in [0.2, 0.25) is 0 Å². The maximum absolute atomic E-state index is 12.9. The number of nitrogens with zero attached hydrogens (tertiary/aromatic N) is 2. The van der Waals surface area contributed by atoms with Crippen molar-refractivity contribution in [3.63, 3.8) is 0 Å². The van der Waals surface area contributed by atoms with E-state index in [4.69, 9.17) is 4.74 Å². The van der Waals surface area contributed by atoms with E-state index >= 15 is 0 Å². The van der Waals surface area contributed by atoms with E-state index in [1.807, 2.05) is 60.7 Å². The van der Waals surface area contributed by atoms with Gasteiger partial charge in [-0.2, -0.15) is 0 Å². The van der Waals surface area contributed by atoms with Crippen molar-refractivity contribution >= 4 is 12.0 Å². The molecule has 2 aromatic carbocycles. The van der Waals surface area contributed by atoms with Crippen LogP contribution >= 0.6 is 0 Å². The van der Waals surface area contributed by atoms with E-state index in [0.29, 0.717) is 13.0 Å². The normalized spacial score (nSPS) is 15.5. The molecule has 1 unspecified atom stereocenters. The molecule has 3 rings (SSSR count). The fourth-order valence-electron chi connectivity index (χ4n) is 3.83. The summed E-state index contributed by atoms with van der Waals surface area (Å²) in [5.74, 6) is -0.185. The molecule has 1 aliphatic heterocycles. The molecule has 0 aromatic heterocycles. The molecule has 178 valence electrons. The monoisotopic (exact) mass is 452 g/mol. The van der Waals surface area contributed by atoms with E-state index in [1.165, 1.54) is 0 Å². The van der Waals surface area contributed by atoms with Crippen molar-refractivity contribution in [2.45, 2.75) is 31.9 Å². The number of alkyl carbamates (subject to hydrolysis) is 1. The van der Waals surface area contributed by atoms with Gasteiger partial charge in [-0.25, -0.2) is 4.79 Å². The van der Waals surface area contributed by atoms with Crippen LogP contribution in [0, 0.1) is 0 Å². The second-order valence-electron chi connectivity index (χ2n) is 8.59. The van der Waals surface area contributed by atoms with Gasteiger partial charge in [-0.3, -0.25) is 4.79 Å². The van der Waals surface area contributed by atoms with Gasteiger partial charge in [-0.15, -0.1) is 0 Å². The van der Waals surface area contributed by atoms with Crippen LogP contribution in [0.3, 0.4) is 0 Å². The Balaban J connectivity index is 1.43. The van der Waals surface area contributed by atoms with E-state index in [9.17, 15) is 9.59 Å². The van der Waals surface area contributed by atoms with Gasteiger partial charge >= 0.3 is 6.09 Å². The molecule has 0 bridgehead atoms. The molecule has 7 nitrogen and oxygen atoms in total. The second-order valence-corrected chi connectivity index (χ2v) is 8.59. The van der Waals surface area contributed by atoms with Crippen molar-refractivity contribution in [3.8, 4) is 0 Å². The highest BCUT2D eigenvalue weighted by Gasteiger charge is 2.22. The summed E-state index contributed by atoms with van der Waals surface area (Å²) in [4.78, 5) is 30.1. The van der Waals surface area contributed by atoms with Crippen molar-refractivity contribution in [2.24, 2.45) is 0 Å². The molecule has 1 aliphatic rings. The first kappa shape index (κ1) is 24.7. The van der Waals surface area contributed by atoms with Crippen LogP contribution in [0.15, 0.2) is 60.7 Å². The molecule has 1 heterocycles. The number of unbranched alkanes of at least 4 members (excludes halogenated alkanes) is 1. The zero-order valence-electron chi connectivity index (χ0n) is 19.5. The average Bonchev–Trinajstić information content (AvgIpc) is 2.84. The number of carbonyl (C=O) groups is 2. The fourth-order valence-corrected chi connectivity index (χ4v) is 3.83. The third-order valence-electron chi connectivity index (χ3n) is 5.90. The number of carbonyl (C=O) groups excluding carboxylic acids is 2. The molecule has 0 radical (unpaired) electrons. The van der Waals surface area contributed by atoms with Crippen LogP contribution in [0.25, 0.3) is 0 Å². The third kappa shape index (κ3) is 9.24. The van der Waals surface area contributed by atoms with E-state index in [-0.39, 0.29) is 12.5 Å². The minimum Gasteiger partial charge on any atom is -0.445 e. The van der Waals surface area contributed by atoms with Crippen LogP contribution in [0.1, 0.15) is 24.0 Å². The summed E-state index contributed by atoms with van der Waals surface area (Å²) < 4.78 is 5.33. The maximum Gasteiger partial charge on any atom is 0.408 e. The minimum absolute atomic E-state index is 0.165. The lowest BCUT2D eigenvalue weighted by Gasteiger charge is -2.32. The molecule has 0 aliphatic carbocycles. The molecule has 2 aromatic rings. The molecule has 0 saturated carbocycles. The first-order valence-electron chi connectivity index (χ1n) is 11.8. The number of piperazine rings is 1. The first-order chi connectivity index (χ1) is 16.1. The Hall–Kier alpha value is -2.90. The molecule has 2 amide bonds. The summed E-state index contributed by atoms with van der Waals surface area (Å²) in [5, 5.41) is 5.74. The molecule has 7 heteroatoms. The van der Waals surface area contributed by atoms with Gasteiger partial charge < -0.3 is 25.2 Å². The highest BCUT2D eigenvalue weighted by atomic mass is 16.5. The number of benzene rings is 2. The van der Waals surface area contributed by atoms with Crippen LogP contribution in [0.5, 0.6) is 0 Å². The van der Waals surface area contributed by atoms with E-state index in [0.717, 1.165) is 56.7 Å². The van der Waals surface area contributed by atoms with Crippen molar-refractivity contribution < 1.29 is 14.3 Å². The topological polar surface area (TPSA) is 73.9 Å². The van der Waals surface area contributed by atoms with Gasteiger partial charge in [0, 0.05) is 39.1 Å². The Bertz CT molecular complexity index is 839.